The zero-order valence-electron chi connectivity index (χ0n) is 12.4. The van der Waals surface area contributed by atoms with Crippen molar-refractivity contribution in [3.8, 4) is 0 Å². The van der Waals surface area contributed by atoms with Crippen LogP contribution >= 0.6 is 0 Å². The van der Waals surface area contributed by atoms with Crippen LogP contribution in [-0.2, 0) is 23.9 Å². The molecule has 1 heterocycles. The Morgan fingerprint density at radius 1 is 1.52 bits per heavy atom. The van der Waals surface area contributed by atoms with Gasteiger partial charge in [-0.05, 0) is 26.7 Å². The number of esters is 2. The van der Waals surface area contributed by atoms with Crippen molar-refractivity contribution in [3.63, 3.8) is 0 Å². The fourth-order valence-corrected chi connectivity index (χ4v) is 2.73. The molecule has 6 nitrogen and oxygen atoms in total. The van der Waals surface area contributed by atoms with Gasteiger partial charge in [0.2, 0.25) is 5.91 Å². The Balaban J connectivity index is 1.81. The second kappa shape index (κ2) is 5.87. The number of hydrogen-bond donors (Lipinski definition) is 1. The average molecular weight is 295 g/mol. The Labute approximate surface area is 123 Å². The third-order valence-electron chi connectivity index (χ3n) is 4.11. The van der Waals surface area contributed by atoms with Crippen LogP contribution in [0.4, 0.5) is 0 Å². The number of carbonyl (C=O) groups excluding carboxylic acids is 3. The van der Waals surface area contributed by atoms with Gasteiger partial charge in [-0.1, -0.05) is 6.58 Å². The number of carbonyl (C=O) groups is 3. The van der Waals surface area contributed by atoms with E-state index in [1.165, 1.54) is 0 Å². The second-order valence-corrected chi connectivity index (χ2v) is 5.97. The maximum Gasteiger partial charge on any atom is 0.309 e. The van der Waals surface area contributed by atoms with Crippen LogP contribution < -0.4 is 5.32 Å². The molecule has 3 unspecified atom stereocenters. The Bertz CT molecular complexity index is 486. The van der Waals surface area contributed by atoms with Crippen LogP contribution in [0, 0.1) is 5.92 Å². The summed E-state index contributed by atoms with van der Waals surface area (Å²) in [6.45, 7) is 7.12. The number of fused-ring (bicyclic) bond motifs is 2. The summed E-state index contributed by atoms with van der Waals surface area (Å²) in [5.74, 6) is -0.912. The van der Waals surface area contributed by atoms with Crippen molar-refractivity contribution in [2.45, 2.75) is 51.2 Å². The van der Waals surface area contributed by atoms with Gasteiger partial charge in [0.25, 0.3) is 0 Å². The molecule has 1 aliphatic carbocycles. The van der Waals surface area contributed by atoms with E-state index in [9.17, 15) is 14.4 Å². The predicted octanol–water partition coefficient (Wildman–Crippen LogP) is 1.10. The molecule has 3 atom stereocenters. The molecule has 0 aromatic carbocycles. The smallest absolute Gasteiger partial charge is 0.309 e. The first-order valence-electron chi connectivity index (χ1n) is 7.18. The molecule has 2 rings (SSSR count). The average Bonchev–Trinajstić information content (AvgIpc) is 2.73. The molecule has 0 aromatic heterocycles. The summed E-state index contributed by atoms with van der Waals surface area (Å²) in [6.07, 6.45) is 1.66. The number of amides is 1. The highest BCUT2D eigenvalue weighted by molar-refractivity contribution is 5.92. The van der Waals surface area contributed by atoms with E-state index in [1.807, 2.05) is 0 Å². The highest BCUT2D eigenvalue weighted by atomic mass is 16.6. The van der Waals surface area contributed by atoms with Gasteiger partial charge < -0.3 is 14.8 Å². The zero-order chi connectivity index (χ0) is 15.6. The monoisotopic (exact) mass is 295 g/mol. The van der Waals surface area contributed by atoms with Gasteiger partial charge in [-0.2, -0.15) is 0 Å². The minimum atomic E-state index is -0.752. The third-order valence-corrected chi connectivity index (χ3v) is 4.11. The SMILES string of the molecule is C=C(C)C(=O)NCCC(=O)OC1(C)CCC2CC1OC2=O. The molecule has 1 aliphatic heterocycles. The number of nitrogens with one attached hydrogen (secondary N) is 1. The lowest BCUT2D eigenvalue weighted by Gasteiger charge is -2.36. The van der Waals surface area contributed by atoms with Gasteiger partial charge in [0.1, 0.15) is 11.7 Å². The van der Waals surface area contributed by atoms with Crippen LogP contribution in [0.1, 0.15) is 39.5 Å². The maximum absolute atomic E-state index is 11.9. The van der Waals surface area contributed by atoms with Crippen LogP contribution in [0.2, 0.25) is 0 Å². The van der Waals surface area contributed by atoms with Crippen LogP contribution in [0.15, 0.2) is 12.2 Å². The molecule has 0 radical (unpaired) electrons. The maximum atomic E-state index is 11.9. The lowest BCUT2D eigenvalue weighted by molar-refractivity contribution is -0.177. The van der Waals surface area contributed by atoms with Gasteiger partial charge in [-0.3, -0.25) is 14.4 Å². The van der Waals surface area contributed by atoms with Crippen LogP contribution in [0.3, 0.4) is 0 Å². The molecule has 21 heavy (non-hydrogen) atoms. The van der Waals surface area contributed by atoms with Gasteiger partial charge in [-0.25, -0.2) is 0 Å². The Kier molecular flexibility index (Phi) is 4.34. The van der Waals surface area contributed by atoms with Crippen molar-refractivity contribution < 1.29 is 23.9 Å². The van der Waals surface area contributed by atoms with Gasteiger partial charge >= 0.3 is 11.9 Å². The van der Waals surface area contributed by atoms with E-state index in [-0.39, 0.29) is 36.9 Å². The van der Waals surface area contributed by atoms with Gasteiger partial charge in [-0.15, -0.1) is 0 Å². The minimum absolute atomic E-state index is 0.0448. The van der Waals surface area contributed by atoms with Gasteiger partial charge in [0.15, 0.2) is 0 Å². The van der Waals surface area contributed by atoms with Crippen molar-refractivity contribution in [2.75, 3.05) is 6.54 Å². The van der Waals surface area contributed by atoms with E-state index in [0.29, 0.717) is 24.8 Å². The third kappa shape index (κ3) is 3.43. The molecule has 1 saturated carbocycles. The first-order chi connectivity index (χ1) is 9.82. The summed E-state index contributed by atoms with van der Waals surface area (Å²) >= 11 is 0. The van der Waals surface area contributed by atoms with Crippen molar-refractivity contribution >= 4 is 17.8 Å². The molecule has 2 fully saturated rings. The van der Waals surface area contributed by atoms with Crippen molar-refractivity contribution in [1.29, 1.82) is 0 Å². The fraction of sp³-hybridized carbons (Fsp3) is 0.667. The normalized spacial score (nSPS) is 30.5. The zero-order valence-corrected chi connectivity index (χ0v) is 12.4. The summed E-state index contributed by atoms with van der Waals surface area (Å²) in [5, 5.41) is 2.58. The highest BCUT2D eigenvalue weighted by Gasteiger charge is 2.52. The minimum Gasteiger partial charge on any atom is -0.458 e. The Morgan fingerprint density at radius 3 is 2.90 bits per heavy atom. The Hall–Kier alpha value is -1.85. The molecule has 1 saturated heterocycles. The Morgan fingerprint density at radius 2 is 2.24 bits per heavy atom. The molecule has 1 amide bonds. The first kappa shape index (κ1) is 15.5. The first-order valence-corrected chi connectivity index (χ1v) is 7.18. The summed E-state index contributed by atoms with van der Waals surface area (Å²) in [7, 11) is 0. The number of ether oxygens (including phenoxy) is 2. The van der Waals surface area contributed by atoms with Gasteiger partial charge in [0.05, 0.1) is 12.3 Å². The molecule has 6 heteroatoms. The molecule has 1 N–H and O–H groups in total. The predicted molar refractivity (Wildman–Crippen MR) is 74.2 cm³/mol. The topological polar surface area (TPSA) is 81.7 Å². The largest absolute Gasteiger partial charge is 0.458 e. The van der Waals surface area contributed by atoms with Crippen LogP contribution in [0.25, 0.3) is 0 Å². The highest BCUT2D eigenvalue weighted by Crippen LogP contribution is 2.42. The van der Waals surface area contributed by atoms with Crippen LogP contribution in [-0.4, -0.2) is 36.1 Å². The summed E-state index contributed by atoms with van der Waals surface area (Å²) in [5.41, 5.74) is -0.357. The molecular weight excluding hydrogens is 274 g/mol. The quantitative estimate of drug-likeness (QED) is 0.606. The second-order valence-electron chi connectivity index (χ2n) is 5.97. The van der Waals surface area contributed by atoms with E-state index in [1.54, 1.807) is 13.8 Å². The molecule has 0 spiro atoms. The summed E-state index contributed by atoms with van der Waals surface area (Å²) < 4.78 is 10.8. The van der Waals surface area contributed by atoms with Crippen molar-refractivity contribution in [3.05, 3.63) is 12.2 Å². The van der Waals surface area contributed by atoms with Crippen LogP contribution in [0.5, 0.6) is 0 Å². The molecule has 2 bridgehead atoms. The van der Waals surface area contributed by atoms with E-state index >= 15 is 0 Å². The van der Waals surface area contributed by atoms with E-state index in [2.05, 4.69) is 11.9 Å². The lowest BCUT2D eigenvalue weighted by atomic mass is 9.80. The number of rotatable bonds is 5. The molecular formula is C15H21NO5. The van der Waals surface area contributed by atoms with E-state index < -0.39 is 11.6 Å². The lowest BCUT2D eigenvalue weighted by Crippen LogP contribution is -2.45. The fourth-order valence-electron chi connectivity index (χ4n) is 2.73. The van der Waals surface area contributed by atoms with Gasteiger partial charge in [0, 0.05) is 18.5 Å². The summed E-state index contributed by atoms with van der Waals surface area (Å²) in [6, 6.07) is 0. The van der Waals surface area contributed by atoms with Crippen molar-refractivity contribution in [1.82, 2.24) is 5.32 Å². The van der Waals surface area contributed by atoms with E-state index in [0.717, 1.165) is 0 Å². The van der Waals surface area contributed by atoms with Crippen molar-refractivity contribution in [2.24, 2.45) is 5.92 Å². The molecule has 2 aliphatic rings. The summed E-state index contributed by atoms with van der Waals surface area (Å²) in [4.78, 5) is 34.7. The molecule has 116 valence electrons. The molecule has 0 aromatic rings. The standard InChI is InChI=1S/C15H21NO5/c1-9(2)13(18)16-7-5-12(17)21-15(3)6-4-10-8-11(15)20-14(10)19/h10-11H,1,4-8H2,2-3H3,(H,16,18). The van der Waals surface area contributed by atoms with E-state index in [4.69, 9.17) is 9.47 Å². The number of hydrogen-bond acceptors (Lipinski definition) is 5.